The van der Waals surface area contributed by atoms with Crippen LogP contribution in [0, 0.1) is 28.6 Å². The van der Waals surface area contributed by atoms with Crippen LogP contribution in [0.5, 0.6) is 0 Å². The van der Waals surface area contributed by atoms with E-state index in [4.69, 9.17) is 0 Å². The second kappa shape index (κ2) is 11.1. The maximum Gasteiger partial charge on any atom is 0.471 e. The first kappa shape index (κ1) is 29.7. The number of aromatic amines is 1. The first-order valence-corrected chi connectivity index (χ1v) is 12.6. The third-order valence-corrected chi connectivity index (χ3v) is 7.01. The minimum atomic E-state index is -5.19. The molecule has 1 saturated heterocycles. The first-order valence-electron chi connectivity index (χ1n) is 12.6. The number of nitrogens with zero attached hydrogens (tertiary/aromatic N) is 2. The van der Waals surface area contributed by atoms with Gasteiger partial charge in [-0.25, -0.2) is 0 Å². The molecule has 4 atom stereocenters. The molecule has 3 N–H and O–H groups in total. The molecule has 210 valence electrons. The number of nitriles is 1. The Morgan fingerprint density at radius 1 is 1.13 bits per heavy atom. The van der Waals surface area contributed by atoms with Gasteiger partial charge in [0.05, 0.1) is 6.07 Å². The summed E-state index contributed by atoms with van der Waals surface area (Å²) in [5.74, 6) is -4.19. The fraction of sp³-hybridized carbons (Fsp3) is 0.519. The van der Waals surface area contributed by atoms with Gasteiger partial charge >= 0.3 is 12.1 Å². The van der Waals surface area contributed by atoms with Gasteiger partial charge in [0.1, 0.15) is 18.1 Å². The van der Waals surface area contributed by atoms with Crippen molar-refractivity contribution in [3.63, 3.8) is 0 Å². The lowest BCUT2D eigenvalue weighted by molar-refractivity contribution is -0.176. The van der Waals surface area contributed by atoms with Crippen LogP contribution in [-0.2, 0) is 14.4 Å². The number of carbonyl (C=O) groups excluding carboxylic acids is 3. The van der Waals surface area contributed by atoms with Crippen LogP contribution in [0.2, 0.25) is 0 Å². The van der Waals surface area contributed by atoms with Gasteiger partial charge in [-0.1, -0.05) is 52.8 Å². The Balaban J connectivity index is 1.97. The second-order valence-corrected chi connectivity index (χ2v) is 11.1. The lowest BCUT2D eigenvalue weighted by Crippen LogP contribution is -2.60. The first-order chi connectivity index (χ1) is 18.1. The van der Waals surface area contributed by atoms with Crippen LogP contribution in [0.25, 0.3) is 10.9 Å². The zero-order valence-electron chi connectivity index (χ0n) is 22.3. The summed E-state index contributed by atoms with van der Waals surface area (Å²) < 4.78 is 39.1. The number of hydrogen-bond donors (Lipinski definition) is 3. The average molecular weight is 548 g/mol. The summed E-state index contributed by atoms with van der Waals surface area (Å²) in [6.07, 6.45) is -4.79. The molecule has 2 heterocycles. The maximum absolute atomic E-state index is 13.7. The maximum atomic E-state index is 13.7. The molecule has 9 nitrogen and oxygen atoms in total. The highest BCUT2D eigenvalue weighted by atomic mass is 19.4. The van der Waals surface area contributed by atoms with Crippen molar-refractivity contribution in [1.29, 1.82) is 5.26 Å². The number of nitrogens with one attached hydrogen (secondary N) is 3. The molecule has 3 amide bonds. The number of halogens is 3. The standard InChI is InChI=1S/C27H32F3N5O4/c1-14(2)15-10-11-35(24(38)22(26(3,4)5)34-25(39)27(28,29)30)21(15)23(37)33-19(13-31)17-12-20(36)32-18-9-7-6-8-16(17)18/h6-9,12,14-15,19,21-22H,10-11H2,1-5H3,(H,32,36)(H,33,37)(H,34,39)/t15-,19-,21+,22-/m1/s1. The van der Waals surface area contributed by atoms with Crippen molar-refractivity contribution in [2.75, 3.05) is 6.54 Å². The summed E-state index contributed by atoms with van der Waals surface area (Å²) in [5, 5.41) is 14.9. The highest BCUT2D eigenvalue weighted by molar-refractivity contribution is 5.94. The van der Waals surface area contributed by atoms with E-state index in [1.54, 1.807) is 29.6 Å². The number of carbonyl (C=O) groups is 3. The lowest BCUT2D eigenvalue weighted by Gasteiger charge is -2.37. The van der Waals surface area contributed by atoms with Crippen molar-refractivity contribution in [3.8, 4) is 6.07 Å². The van der Waals surface area contributed by atoms with Gasteiger partial charge in [0.15, 0.2) is 0 Å². The number of pyridine rings is 1. The van der Waals surface area contributed by atoms with E-state index >= 15 is 0 Å². The van der Waals surface area contributed by atoms with Crippen LogP contribution in [0.15, 0.2) is 35.1 Å². The summed E-state index contributed by atoms with van der Waals surface area (Å²) in [5.41, 5.74) is -0.828. The van der Waals surface area contributed by atoms with Crippen LogP contribution in [0.1, 0.15) is 52.6 Å². The molecular formula is C27H32F3N5O4. The Labute approximate surface area is 223 Å². The molecule has 1 aromatic heterocycles. The summed E-state index contributed by atoms with van der Waals surface area (Å²) >= 11 is 0. The second-order valence-electron chi connectivity index (χ2n) is 11.1. The van der Waals surface area contributed by atoms with Crippen LogP contribution >= 0.6 is 0 Å². The lowest BCUT2D eigenvalue weighted by atomic mass is 9.84. The number of H-pyrrole nitrogens is 1. The van der Waals surface area contributed by atoms with Crippen molar-refractivity contribution >= 4 is 28.6 Å². The average Bonchev–Trinajstić information content (AvgIpc) is 3.29. The molecule has 0 radical (unpaired) electrons. The molecule has 3 rings (SSSR count). The number of rotatable bonds is 6. The van der Waals surface area contributed by atoms with E-state index in [1.807, 2.05) is 19.9 Å². The zero-order valence-corrected chi connectivity index (χ0v) is 22.3. The van der Waals surface area contributed by atoms with E-state index in [9.17, 15) is 37.6 Å². The van der Waals surface area contributed by atoms with Gasteiger partial charge in [-0.15, -0.1) is 0 Å². The SMILES string of the molecule is CC(C)[C@H]1CCN(C(=O)[C@@H](NC(=O)C(F)(F)F)C(C)(C)C)[C@@H]1C(=O)N[C@H](C#N)c1cc(=O)[nH]c2ccccc12. The molecule has 39 heavy (non-hydrogen) atoms. The molecule has 0 saturated carbocycles. The number of para-hydroxylation sites is 1. The van der Waals surface area contributed by atoms with Gasteiger partial charge in [0, 0.05) is 29.1 Å². The van der Waals surface area contributed by atoms with Gasteiger partial charge in [0.2, 0.25) is 17.4 Å². The fourth-order valence-corrected chi connectivity index (χ4v) is 5.00. The number of fused-ring (bicyclic) bond motifs is 1. The van der Waals surface area contributed by atoms with E-state index in [-0.39, 0.29) is 23.9 Å². The molecule has 1 aliphatic rings. The van der Waals surface area contributed by atoms with Crippen LogP contribution < -0.4 is 16.2 Å². The van der Waals surface area contributed by atoms with E-state index < -0.39 is 53.0 Å². The molecule has 1 aliphatic heterocycles. The highest BCUT2D eigenvalue weighted by Gasteiger charge is 2.49. The Hall–Kier alpha value is -3.88. The number of hydrogen-bond acceptors (Lipinski definition) is 5. The summed E-state index contributed by atoms with van der Waals surface area (Å²) in [6, 6.07) is 6.09. The van der Waals surface area contributed by atoms with Gasteiger partial charge in [-0.3, -0.25) is 19.2 Å². The molecule has 2 aromatic rings. The van der Waals surface area contributed by atoms with Gasteiger partial charge in [0.25, 0.3) is 0 Å². The Morgan fingerprint density at radius 3 is 2.33 bits per heavy atom. The van der Waals surface area contributed by atoms with Gasteiger partial charge in [-0.2, -0.15) is 18.4 Å². The zero-order chi connectivity index (χ0) is 29.3. The molecule has 1 aromatic carbocycles. The van der Waals surface area contributed by atoms with E-state index in [0.717, 1.165) is 0 Å². The largest absolute Gasteiger partial charge is 0.471 e. The van der Waals surface area contributed by atoms with Gasteiger partial charge < -0.3 is 20.5 Å². The topological polar surface area (TPSA) is 135 Å². The Bertz CT molecular complexity index is 1360. The van der Waals surface area contributed by atoms with Crippen LogP contribution in [0.4, 0.5) is 13.2 Å². The number of alkyl halides is 3. The fourth-order valence-electron chi connectivity index (χ4n) is 5.00. The van der Waals surface area contributed by atoms with Crippen molar-refractivity contribution in [2.24, 2.45) is 17.3 Å². The van der Waals surface area contributed by atoms with Gasteiger partial charge in [-0.05, 0) is 29.7 Å². The normalized spacial score (nSPS) is 19.4. The summed E-state index contributed by atoms with van der Waals surface area (Å²) in [7, 11) is 0. The third kappa shape index (κ3) is 6.41. The predicted molar refractivity (Wildman–Crippen MR) is 137 cm³/mol. The smallest absolute Gasteiger partial charge is 0.336 e. The predicted octanol–water partition coefficient (Wildman–Crippen LogP) is 3.18. The number of benzene rings is 1. The van der Waals surface area contributed by atoms with Crippen molar-refractivity contribution in [3.05, 3.63) is 46.2 Å². The molecule has 0 unspecified atom stereocenters. The van der Waals surface area contributed by atoms with E-state index in [1.165, 1.54) is 31.7 Å². The van der Waals surface area contributed by atoms with E-state index in [2.05, 4.69) is 10.3 Å². The molecular weight excluding hydrogens is 515 g/mol. The highest BCUT2D eigenvalue weighted by Crippen LogP contribution is 2.34. The molecule has 0 aliphatic carbocycles. The quantitative estimate of drug-likeness (QED) is 0.511. The number of likely N-dealkylation sites (tertiary alicyclic amines) is 1. The summed E-state index contributed by atoms with van der Waals surface area (Å²) in [6.45, 7) is 8.35. The van der Waals surface area contributed by atoms with Crippen LogP contribution in [0.3, 0.4) is 0 Å². The minimum Gasteiger partial charge on any atom is -0.336 e. The monoisotopic (exact) mass is 547 g/mol. The Kier molecular flexibility index (Phi) is 8.43. The Morgan fingerprint density at radius 2 is 1.77 bits per heavy atom. The molecule has 1 fully saturated rings. The number of amides is 3. The van der Waals surface area contributed by atoms with Crippen molar-refractivity contribution in [1.82, 2.24) is 20.5 Å². The molecule has 12 heteroatoms. The number of aromatic nitrogens is 1. The minimum absolute atomic E-state index is 0.0827. The molecule has 0 spiro atoms. The van der Waals surface area contributed by atoms with Crippen LogP contribution in [-0.4, -0.2) is 52.4 Å². The van der Waals surface area contributed by atoms with E-state index in [0.29, 0.717) is 17.3 Å². The summed E-state index contributed by atoms with van der Waals surface area (Å²) in [4.78, 5) is 55.2. The third-order valence-electron chi connectivity index (χ3n) is 7.01. The molecule has 0 bridgehead atoms. The van der Waals surface area contributed by atoms with Crippen molar-refractivity contribution < 1.29 is 27.6 Å². The van der Waals surface area contributed by atoms with Crippen molar-refractivity contribution in [2.45, 2.75) is 65.3 Å².